The second kappa shape index (κ2) is 3.58. The summed E-state index contributed by atoms with van der Waals surface area (Å²) in [6, 6.07) is 9.58. The van der Waals surface area contributed by atoms with Crippen molar-refractivity contribution in [1.82, 2.24) is 0 Å². The van der Waals surface area contributed by atoms with Crippen molar-refractivity contribution in [1.29, 1.82) is 0 Å². The molecule has 0 spiro atoms. The highest BCUT2D eigenvalue weighted by molar-refractivity contribution is 7.95. The predicted octanol–water partition coefficient (Wildman–Crippen LogP) is 2.24. The van der Waals surface area contributed by atoms with Gasteiger partial charge in [-0.2, -0.15) is 0 Å². The Kier molecular flexibility index (Phi) is 2.42. The van der Waals surface area contributed by atoms with Crippen LogP contribution >= 0.6 is 0 Å². The Balaban J connectivity index is 2.37. The van der Waals surface area contributed by atoms with E-state index in [2.05, 4.69) is 0 Å². The molecule has 0 N–H and O–H groups in total. The zero-order valence-electron chi connectivity index (χ0n) is 7.81. The highest BCUT2D eigenvalue weighted by Crippen LogP contribution is 2.25. The molecule has 0 aliphatic carbocycles. The predicted molar refractivity (Wildman–Crippen MR) is 57.4 cm³/mol. The first-order valence-electron chi connectivity index (χ1n) is 4.67. The molecule has 74 valence electrons. The highest BCUT2D eigenvalue weighted by atomic mass is 32.2. The van der Waals surface area contributed by atoms with E-state index in [1.807, 2.05) is 30.3 Å². The van der Waals surface area contributed by atoms with Crippen LogP contribution in [0, 0.1) is 0 Å². The van der Waals surface area contributed by atoms with Gasteiger partial charge in [0, 0.05) is 4.91 Å². The maximum atomic E-state index is 11.5. The van der Waals surface area contributed by atoms with E-state index in [0.717, 1.165) is 12.0 Å². The molecular formula is C11H12O2S. The summed E-state index contributed by atoms with van der Waals surface area (Å²) in [5.41, 5.74) is 0.966. The van der Waals surface area contributed by atoms with E-state index < -0.39 is 9.84 Å². The van der Waals surface area contributed by atoms with E-state index in [9.17, 15) is 8.42 Å². The third kappa shape index (κ3) is 1.87. The van der Waals surface area contributed by atoms with Gasteiger partial charge in [0.1, 0.15) is 0 Å². The number of hydrogen-bond donors (Lipinski definition) is 0. The monoisotopic (exact) mass is 208 g/mol. The summed E-state index contributed by atoms with van der Waals surface area (Å²) >= 11 is 0. The molecule has 1 aromatic carbocycles. The molecule has 2 nitrogen and oxygen atoms in total. The first kappa shape index (κ1) is 9.46. The Morgan fingerprint density at radius 1 is 1.14 bits per heavy atom. The Bertz CT molecular complexity index is 443. The van der Waals surface area contributed by atoms with Crippen LogP contribution in [-0.4, -0.2) is 14.2 Å². The van der Waals surface area contributed by atoms with Gasteiger partial charge in [-0.25, -0.2) is 8.42 Å². The SMILES string of the molecule is O=S1(=O)CCC/C1=C\c1ccccc1. The van der Waals surface area contributed by atoms with Crippen LogP contribution in [0.5, 0.6) is 0 Å². The van der Waals surface area contributed by atoms with E-state index in [4.69, 9.17) is 0 Å². The van der Waals surface area contributed by atoms with Crippen LogP contribution in [0.25, 0.3) is 6.08 Å². The fourth-order valence-electron chi connectivity index (χ4n) is 1.62. The van der Waals surface area contributed by atoms with Crippen LogP contribution < -0.4 is 0 Å². The minimum Gasteiger partial charge on any atom is -0.224 e. The smallest absolute Gasteiger partial charge is 0.174 e. The average molecular weight is 208 g/mol. The maximum Gasteiger partial charge on any atom is 0.174 e. The van der Waals surface area contributed by atoms with E-state index in [1.165, 1.54) is 0 Å². The lowest BCUT2D eigenvalue weighted by Crippen LogP contribution is -1.98. The Labute approximate surface area is 84.2 Å². The molecule has 0 bridgehead atoms. The number of sulfone groups is 1. The summed E-state index contributed by atoms with van der Waals surface area (Å²) in [6.07, 6.45) is 3.24. The Morgan fingerprint density at radius 3 is 2.43 bits per heavy atom. The molecule has 0 unspecified atom stereocenters. The van der Waals surface area contributed by atoms with E-state index >= 15 is 0 Å². The van der Waals surface area contributed by atoms with Crippen LogP contribution in [-0.2, 0) is 9.84 Å². The normalized spacial score (nSPS) is 22.7. The van der Waals surface area contributed by atoms with Crippen molar-refractivity contribution in [3.8, 4) is 0 Å². The number of rotatable bonds is 1. The molecular weight excluding hydrogens is 196 g/mol. The molecule has 2 rings (SSSR count). The second-order valence-electron chi connectivity index (χ2n) is 3.44. The molecule has 0 radical (unpaired) electrons. The van der Waals surface area contributed by atoms with Crippen molar-refractivity contribution < 1.29 is 8.42 Å². The van der Waals surface area contributed by atoms with E-state index in [-0.39, 0.29) is 0 Å². The zero-order chi connectivity index (χ0) is 10.0. The lowest BCUT2D eigenvalue weighted by Gasteiger charge is -1.97. The first-order valence-corrected chi connectivity index (χ1v) is 6.32. The summed E-state index contributed by atoms with van der Waals surface area (Å²) in [4.78, 5) is 0.587. The van der Waals surface area contributed by atoms with Gasteiger partial charge in [-0.05, 0) is 24.5 Å². The lowest BCUT2D eigenvalue weighted by atomic mass is 10.2. The first-order chi connectivity index (χ1) is 6.68. The molecule has 1 aliphatic rings. The third-order valence-electron chi connectivity index (χ3n) is 2.36. The van der Waals surface area contributed by atoms with Gasteiger partial charge in [0.25, 0.3) is 0 Å². The molecule has 1 saturated heterocycles. The summed E-state index contributed by atoms with van der Waals surface area (Å²) in [6.45, 7) is 0. The van der Waals surface area contributed by atoms with Gasteiger partial charge >= 0.3 is 0 Å². The Hall–Kier alpha value is -1.09. The molecule has 0 amide bonds. The van der Waals surface area contributed by atoms with Crippen molar-refractivity contribution in [2.24, 2.45) is 0 Å². The molecule has 3 heteroatoms. The summed E-state index contributed by atoms with van der Waals surface area (Å²) in [7, 11) is -2.92. The van der Waals surface area contributed by atoms with Gasteiger partial charge in [-0.15, -0.1) is 0 Å². The van der Waals surface area contributed by atoms with Gasteiger partial charge in [-0.3, -0.25) is 0 Å². The van der Waals surface area contributed by atoms with Crippen LogP contribution in [0.15, 0.2) is 35.2 Å². The molecule has 0 saturated carbocycles. The summed E-state index contributed by atoms with van der Waals surface area (Å²) < 4.78 is 23.0. The number of hydrogen-bond acceptors (Lipinski definition) is 2. The quantitative estimate of drug-likeness (QED) is 0.709. The summed E-state index contributed by atoms with van der Waals surface area (Å²) in [5.74, 6) is 0.311. The van der Waals surface area contributed by atoms with Crippen LogP contribution in [0.1, 0.15) is 18.4 Å². The highest BCUT2D eigenvalue weighted by Gasteiger charge is 2.23. The molecule has 14 heavy (non-hydrogen) atoms. The van der Waals surface area contributed by atoms with Crippen LogP contribution in [0.4, 0.5) is 0 Å². The Morgan fingerprint density at radius 2 is 1.86 bits per heavy atom. The van der Waals surface area contributed by atoms with Crippen molar-refractivity contribution in [3.63, 3.8) is 0 Å². The van der Waals surface area contributed by atoms with Crippen LogP contribution in [0.3, 0.4) is 0 Å². The third-order valence-corrected chi connectivity index (χ3v) is 4.31. The van der Waals surface area contributed by atoms with Gasteiger partial charge in [-0.1, -0.05) is 30.3 Å². The van der Waals surface area contributed by atoms with Gasteiger partial charge in [0.15, 0.2) is 9.84 Å². The fraction of sp³-hybridized carbons (Fsp3) is 0.273. The van der Waals surface area contributed by atoms with Crippen molar-refractivity contribution in [2.75, 3.05) is 5.75 Å². The zero-order valence-corrected chi connectivity index (χ0v) is 8.63. The summed E-state index contributed by atoms with van der Waals surface area (Å²) in [5, 5.41) is 0. The molecule has 0 atom stereocenters. The molecule has 1 aromatic rings. The minimum absolute atomic E-state index is 0.311. The molecule has 0 aromatic heterocycles. The minimum atomic E-state index is -2.92. The molecule has 1 heterocycles. The number of benzene rings is 1. The van der Waals surface area contributed by atoms with Crippen molar-refractivity contribution >= 4 is 15.9 Å². The largest absolute Gasteiger partial charge is 0.224 e. The fourth-order valence-corrected chi connectivity index (χ4v) is 3.18. The van der Waals surface area contributed by atoms with Gasteiger partial charge in [0.05, 0.1) is 5.75 Å². The topological polar surface area (TPSA) is 34.1 Å². The number of allylic oxidation sites excluding steroid dienone is 1. The standard InChI is InChI=1S/C11H12O2S/c12-14(13)8-4-7-11(14)9-10-5-2-1-3-6-10/h1-3,5-6,9H,4,7-8H2/b11-9+. The molecule has 1 aliphatic heterocycles. The average Bonchev–Trinajstić information content (AvgIpc) is 2.48. The van der Waals surface area contributed by atoms with Crippen molar-refractivity contribution in [2.45, 2.75) is 12.8 Å². The van der Waals surface area contributed by atoms with Gasteiger partial charge in [0.2, 0.25) is 0 Å². The van der Waals surface area contributed by atoms with E-state index in [0.29, 0.717) is 17.1 Å². The van der Waals surface area contributed by atoms with Crippen LogP contribution in [0.2, 0.25) is 0 Å². The van der Waals surface area contributed by atoms with Crippen molar-refractivity contribution in [3.05, 3.63) is 40.8 Å². The van der Waals surface area contributed by atoms with Gasteiger partial charge < -0.3 is 0 Å². The molecule has 1 fully saturated rings. The lowest BCUT2D eigenvalue weighted by molar-refractivity contribution is 0.606. The van der Waals surface area contributed by atoms with E-state index in [1.54, 1.807) is 6.08 Å². The second-order valence-corrected chi connectivity index (χ2v) is 5.61. The maximum absolute atomic E-state index is 11.5.